The van der Waals surface area contributed by atoms with E-state index >= 15 is 0 Å². The average Bonchev–Trinajstić information content (AvgIpc) is 3.65. The largest absolute Gasteiger partial charge is 0.331 e. The Balaban J connectivity index is 1.18. The van der Waals surface area contributed by atoms with Crippen molar-refractivity contribution in [2.24, 2.45) is 0 Å². The molecule has 0 radical (unpaired) electrons. The first-order valence-electron chi connectivity index (χ1n) is 12.2. The predicted molar refractivity (Wildman–Crippen MR) is 154 cm³/mol. The number of carbonyl (C=O) groups is 1. The number of amides is 2. The number of anilines is 1. The van der Waals surface area contributed by atoms with Gasteiger partial charge in [0.2, 0.25) is 0 Å². The highest BCUT2D eigenvalue weighted by atomic mass is 35.5. The zero-order valence-corrected chi connectivity index (χ0v) is 23.1. The summed E-state index contributed by atoms with van der Waals surface area (Å²) >= 11 is 15.4. The molecule has 4 aromatic rings. The molecule has 1 spiro atoms. The van der Waals surface area contributed by atoms with Crippen LogP contribution in [-0.4, -0.2) is 47.1 Å². The second-order valence-corrected chi connectivity index (χ2v) is 12.2. The number of thiazole rings is 2. The number of nitrogens with zero attached hydrogens (tertiary/aromatic N) is 4. The van der Waals surface area contributed by atoms with Crippen LogP contribution in [0.5, 0.6) is 0 Å². The highest BCUT2D eigenvalue weighted by Gasteiger charge is 2.47. The molecule has 1 fully saturated rings. The number of nitrogens with one attached hydrogen (secondary N) is 1. The molecule has 1 saturated heterocycles. The third kappa shape index (κ3) is 4.89. The summed E-state index contributed by atoms with van der Waals surface area (Å²) in [7, 11) is 0. The summed E-state index contributed by atoms with van der Waals surface area (Å²) in [6.45, 7) is 3.89. The molecule has 4 heterocycles. The van der Waals surface area contributed by atoms with Crippen molar-refractivity contribution in [3.8, 4) is 0 Å². The number of piperidine rings is 1. The van der Waals surface area contributed by atoms with Gasteiger partial charge in [-0.25, -0.2) is 14.8 Å². The fourth-order valence-electron chi connectivity index (χ4n) is 5.43. The third-order valence-corrected chi connectivity index (χ3v) is 9.63. The number of likely N-dealkylation sites (tertiary alicyclic amines) is 1. The molecule has 37 heavy (non-hydrogen) atoms. The van der Waals surface area contributed by atoms with Crippen LogP contribution in [0.3, 0.4) is 0 Å². The molecule has 0 bridgehead atoms. The SMILES string of the molecule is O=C(NCc1nccs1)N1CC2(CCN(C/C=C/c3ccc(Cl)c(Cl)c3)CC2)c2c1ccc1scnc21. The standard InChI is InChI=1S/C27H25Cl2N5OS2/c28-19-4-3-18(14-20(19)29)2-1-10-33-11-7-27(8-12-33)16-34(26(35)31-15-23-30-9-13-36-23)21-5-6-22-25(24(21)27)32-17-37-22/h1-6,9,13-14,17H,7-8,10-12,15-16H2,(H,31,35)/b2-1+. The van der Waals surface area contributed by atoms with Crippen molar-refractivity contribution in [2.45, 2.75) is 24.8 Å². The average molecular weight is 571 g/mol. The maximum absolute atomic E-state index is 13.3. The summed E-state index contributed by atoms with van der Waals surface area (Å²) < 4.78 is 1.18. The van der Waals surface area contributed by atoms with Crippen LogP contribution < -0.4 is 10.2 Å². The maximum atomic E-state index is 13.3. The summed E-state index contributed by atoms with van der Waals surface area (Å²) in [6.07, 6.45) is 7.99. The summed E-state index contributed by atoms with van der Waals surface area (Å²) in [6, 6.07) is 9.79. The van der Waals surface area contributed by atoms with Crippen molar-refractivity contribution < 1.29 is 4.79 Å². The molecule has 6 nitrogen and oxygen atoms in total. The number of hydrogen-bond acceptors (Lipinski definition) is 6. The Kier molecular flexibility index (Phi) is 6.94. The lowest BCUT2D eigenvalue weighted by Gasteiger charge is -2.39. The molecule has 0 aliphatic carbocycles. The van der Waals surface area contributed by atoms with E-state index in [0.717, 1.165) is 54.3 Å². The van der Waals surface area contributed by atoms with Crippen LogP contribution in [0.4, 0.5) is 10.5 Å². The van der Waals surface area contributed by atoms with E-state index in [-0.39, 0.29) is 11.4 Å². The number of rotatable bonds is 5. The van der Waals surface area contributed by atoms with Crippen LogP contribution in [0, 0.1) is 0 Å². The monoisotopic (exact) mass is 569 g/mol. The first kappa shape index (κ1) is 24.8. The minimum Gasteiger partial charge on any atom is -0.331 e. The van der Waals surface area contributed by atoms with E-state index in [1.165, 1.54) is 10.3 Å². The molecular formula is C27H25Cl2N5OS2. The molecule has 0 saturated carbocycles. The van der Waals surface area contributed by atoms with Gasteiger partial charge in [-0.05, 0) is 55.8 Å². The molecule has 2 aliphatic rings. The van der Waals surface area contributed by atoms with Gasteiger partial charge >= 0.3 is 6.03 Å². The highest BCUT2D eigenvalue weighted by molar-refractivity contribution is 7.16. The predicted octanol–water partition coefficient (Wildman–Crippen LogP) is 6.84. The van der Waals surface area contributed by atoms with Crippen LogP contribution >= 0.6 is 45.9 Å². The van der Waals surface area contributed by atoms with Crippen molar-refractivity contribution in [2.75, 3.05) is 31.1 Å². The Morgan fingerprint density at radius 3 is 2.76 bits per heavy atom. The van der Waals surface area contributed by atoms with Crippen LogP contribution in [0.15, 0.2) is 53.5 Å². The molecule has 1 N–H and O–H groups in total. The summed E-state index contributed by atoms with van der Waals surface area (Å²) in [5, 5.41) is 7.03. The fourth-order valence-corrected chi connectivity index (χ4v) is 6.98. The van der Waals surface area contributed by atoms with Crippen molar-refractivity contribution >= 4 is 73.9 Å². The number of urea groups is 1. The first-order valence-corrected chi connectivity index (χ1v) is 14.7. The van der Waals surface area contributed by atoms with Crippen molar-refractivity contribution in [3.05, 3.63) is 79.7 Å². The van der Waals surface area contributed by atoms with E-state index in [1.807, 2.05) is 34.0 Å². The molecule has 0 atom stereocenters. The van der Waals surface area contributed by atoms with Crippen molar-refractivity contribution in [1.82, 2.24) is 20.2 Å². The molecule has 0 unspecified atom stereocenters. The molecular weight excluding hydrogens is 545 g/mol. The highest BCUT2D eigenvalue weighted by Crippen LogP contribution is 2.50. The van der Waals surface area contributed by atoms with E-state index in [1.54, 1.807) is 28.9 Å². The minimum atomic E-state index is -0.0919. The normalized spacial score (nSPS) is 17.2. The Bertz CT molecular complexity index is 1460. The Morgan fingerprint density at radius 2 is 1.97 bits per heavy atom. The topological polar surface area (TPSA) is 61.4 Å². The molecule has 2 amide bonds. The molecule has 6 rings (SSSR count). The first-order chi connectivity index (χ1) is 18.0. The second-order valence-electron chi connectivity index (χ2n) is 9.49. The van der Waals surface area contributed by atoms with Gasteiger partial charge in [-0.3, -0.25) is 9.80 Å². The minimum absolute atomic E-state index is 0.0742. The molecule has 2 aliphatic heterocycles. The zero-order valence-electron chi connectivity index (χ0n) is 20.0. The fraction of sp³-hybridized carbons (Fsp3) is 0.296. The van der Waals surface area contributed by atoms with Crippen LogP contribution in [0.25, 0.3) is 16.3 Å². The third-order valence-electron chi connectivity index (χ3n) is 7.31. The van der Waals surface area contributed by atoms with Crippen molar-refractivity contribution in [3.63, 3.8) is 0 Å². The summed E-state index contributed by atoms with van der Waals surface area (Å²) in [5.41, 5.74) is 6.13. The van der Waals surface area contributed by atoms with Crippen LogP contribution in [-0.2, 0) is 12.0 Å². The number of hydrogen-bond donors (Lipinski definition) is 1. The second kappa shape index (κ2) is 10.3. The quantitative estimate of drug-likeness (QED) is 0.286. The number of benzene rings is 2. The Labute approximate surface area is 233 Å². The van der Waals surface area contributed by atoms with Gasteiger partial charge in [0.25, 0.3) is 0 Å². The lowest BCUT2D eigenvalue weighted by molar-refractivity contribution is 0.180. The van der Waals surface area contributed by atoms with Gasteiger partial charge in [0.1, 0.15) is 5.01 Å². The summed E-state index contributed by atoms with van der Waals surface area (Å²) in [5.74, 6) is 0. The Hall–Kier alpha value is -2.49. The van der Waals surface area contributed by atoms with E-state index in [9.17, 15) is 4.79 Å². The van der Waals surface area contributed by atoms with Crippen LogP contribution in [0.1, 0.15) is 29.0 Å². The number of aromatic nitrogens is 2. The van der Waals surface area contributed by atoms with Gasteiger partial charge in [0, 0.05) is 35.6 Å². The molecule has 2 aromatic carbocycles. The Morgan fingerprint density at radius 1 is 1.11 bits per heavy atom. The van der Waals surface area contributed by atoms with E-state index < -0.39 is 0 Å². The van der Waals surface area contributed by atoms with Gasteiger partial charge in [-0.2, -0.15) is 0 Å². The summed E-state index contributed by atoms with van der Waals surface area (Å²) in [4.78, 5) is 26.7. The maximum Gasteiger partial charge on any atom is 0.322 e. The van der Waals surface area contributed by atoms with Gasteiger partial charge < -0.3 is 5.32 Å². The van der Waals surface area contributed by atoms with Gasteiger partial charge in [0.05, 0.1) is 38.0 Å². The number of fused-ring (bicyclic) bond motifs is 4. The lowest BCUT2D eigenvalue weighted by Crippen LogP contribution is -2.47. The van der Waals surface area contributed by atoms with Gasteiger partial charge in [-0.1, -0.05) is 41.4 Å². The van der Waals surface area contributed by atoms with Crippen LogP contribution in [0.2, 0.25) is 10.0 Å². The molecule has 10 heteroatoms. The lowest BCUT2D eigenvalue weighted by atomic mass is 9.74. The van der Waals surface area contributed by atoms with E-state index in [0.29, 0.717) is 23.1 Å². The zero-order chi connectivity index (χ0) is 25.4. The number of carbonyl (C=O) groups excluding carboxylic acids is 1. The van der Waals surface area contributed by atoms with Crippen molar-refractivity contribution in [1.29, 1.82) is 0 Å². The smallest absolute Gasteiger partial charge is 0.322 e. The van der Waals surface area contributed by atoms with Gasteiger partial charge in [-0.15, -0.1) is 22.7 Å². The van der Waals surface area contributed by atoms with E-state index in [2.05, 4.69) is 39.5 Å². The van der Waals surface area contributed by atoms with E-state index in [4.69, 9.17) is 28.2 Å². The molecule has 190 valence electrons. The number of halogens is 2. The van der Waals surface area contributed by atoms with Gasteiger partial charge in [0.15, 0.2) is 0 Å². The molecule has 2 aromatic heterocycles.